The van der Waals surface area contributed by atoms with Gasteiger partial charge >= 0.3 is 0 Å². The van der Waals surface area contributed by atoms with Gasteiger partial charge < -0.3 is 25.4 Å². The Bertz CT molecular complexity index is 722. The van der Waals surface area contributed by atoms with Crippen molar-refractivity contribution in [3.63, 3.8) is 0 Å². The summed E-state index contributed by atoms with van der Waals surface area (Å²) < 4.78 is 27.0. The molecule has 0 bridgehead atoms. The van der Waals surface area contributed by atoms with Crippen LogP contribution in [0.2, 0.25) is 0 Å². The van der Waals surface area contributed by atoms with Crippen LogP contribution in [0.3, 0.4) is 0 Å². The van der Waals surface area contributed by atoms with Crippen molar-refractivity contribution in [1.82, 2.24) is 19.5 Å². The Kier molecular flexibility index (Phi) is 3.82. The standard InChI is InChI=1S/C13H18FN5O4/c1-3-22-10-7-9(17-12(15)18-10)19(5-16-7)11-13(2,14)8(21)6(4-20)23-11/h5-6,8,11,20-21H,3-4H2,1-2H3,(H2,15,17,18)/t6-,8-,11?,13-/m1/s1. The molecule has 2 aromatic heterocycles. The van der Waals surface area contributed by atoms with Gasteiger partial charge in [0.05, 0.1) is 19.5 Å². The Hall–Kier alpha value is -2.04. The molecular weight excluding hydrogens is 309 g/mol. The number of nitrogens with two attached hydrogens (primary N) is 1. The lowest BCUT2D eigenvalue weighted by Gasteiger charge is -2.24. The maximum absolute atomic E-state index is 14.9. The van der Waals surface area contributed by atoms with E-state index < -0.39 is 30.7 Å². The first-order valence-corrected chi connectivity index (χ1v) is 7.16. The van der Waals surface area contributed by atoms with Crippen LogP contribution in [0.25, 0.3) is 11.2 Å². The van der Waals surface area contributed by atoms with Gasteiger partial charge in [-0.2, -0.15) is 9.97 Å². The number of alkyl halides is 1. The molecule has 10 heteroatoms. The van der Waals surface area contributed by atoms with Crippen LogP contribution < -0.4 is 10.5 Å². The van der Waals surface area contributed by atoms with Gasteiger partial charge in [0.1, 0.15) is 12.2 Å². The molecule has 23 heavy (non-hydrogen) atoms. The topological polar surface area (TPSA) is 129 Å². The molecule has 3 heterocycles. The van der Waals surface area contributed by atoms with E-state index in [1.807, 2.05) is 0 Å². The van der Waals surface area contributed by atoms with Crippen LogP contribution >= 0.6 is 0 Å². The van der Waals surface area contributed by atoms with Gasteiger partial charge in [-0.3, -0.25) is 4.57 Å². The number of fused-ring (bicyclic) bond motifs is 1. The second kappa shape index (κ2) is 5.55. The Morgan fingerprint density at radius 2 is 2.26 bits per heavy atom. The summed E-state index contributed by atoms with van der Waals surface area (Å²) in [5, 5.41) is 19.2. The van der Waals surface area contributed by atoms with Gasteiger partial charge in [0, 0.05) is 0 Å². The van der Waals surface area contributed by atoms with Gasteiger partial charge in [0.25, 0.3) is 0 Å². The van der Waals surface area contributed by atoms with Crippen molar-refractivity contribution >= 4 is 17.1 Å². The molecule has 1 aliphatic rings. The van der Waals surface area contributed by atoms with Crippen LogP contribution in [0.1, 0.15) is 20.1 Å². The zero-order valence-corrected chi connectivity index (χ0v) is 12.7. The molecule has 0 radical (unpaired) electrons. The zero-order chi connectivity index (χ0) is 16.8. The lowest BCUT2D eigenvalue weighted by molar-refractivity contribution is -0.0566. The molecule has 0 aromatic carbocycles. The van der Waals surface area contributed by atoms with Crippen LogP contribution in [-0.4, -0.2) is 60.8 Å². The normalized spacial score (nSPS) is 30.9. The molecule has 1 fully saturated rings. The fourth-order valence-corrected chi connectivity index (χ4v) is 2.68. The minimum Gasteiger partial charge on any atom is -0.476 e. The molecule has 0 spiro atoms. The third-order valence-electron chi connectivity index (χ3n) is 3.84. The van der Waals surface area contributed by atoms with E-state index in [0.717, 1.165) is 0 Å². The summed E-state index contributed by atoms with van der Waals surface area (Å²) in [6, 6.07) is 0. The molecule has 1 unspecified atom stereocenters. The number of halogens is 1. The second-order valence-electron chi connectivity index (χ2n) is 5.45. The number of imidazole rings is 1. The average molecular weight is 327 g/mol. The van der Waals surface area contributed by atoms with Crippen LogP contribution in [0.5, 0.6) is 5.88 Å². The highest BCUT2D eigenvalue weighted by Gasteiger charge is 2.55. The fraction of sp³-hybridized carbons (Fsp3) is 0.615. The SMILES string of the molecule is CCOc1nc(N)nc2c1ncn2C1O[C@H](CO)[C@@H](O)[C@@]1(C)F. The highest BCUT2D eigenvalue weighted by atomic mass is 19.1. The zero-order valence-electron chi connectivity index (χ0n) is 12.7. The molecule has 9 nitrogen and oxygen atoms in total. The van der Waals surface area contributed by atoms with E-state index in [2.05, 4.69) is 15.0 Å². The minimum atomic E-state index is -2.15. The largest absolute Gasteiger partial charge is 0.476 e. The van der Waals surface area contributed by atoms with E-state index in [-0.39, 0.29) is 17.5 Å². The van der Waals surface area contributed by atoms with Gasteiger partial charge in [-0.05, 0) is 13.8 Å². The summed E-state index contributed by atoms with van der Waals surface area (Å²) in [5.74, 6) is 0.132. The molecule has 126 valence electrons. The van der Waals surface area contributed by atoms with E-state index >= 15 is 0 Å². The van der Waals surface area contributed by atoms with Crippen LogP contribution in [0.4, 0.5) is 10.3 Å². The Morgan fingerprint density at radius 3 is 2.87 bits per heavy atom. The maximum Gasteiger partial charge on any atom is 0.247 e. The van der Waals surface area contributed by atoms with Crippen molar-refractivity contribution in [1.29, 1.82) is 0 Å². The van der Waals surface area contributed by atoms with Crippen molar-refractivity contribution in [3.8, 4) is 5.88 Å². The highest BCUT2D eigenvalue weighted by molar-refractivity contribution is 5.77. The highest BCUT2D eigenvalue weighted by Crippen LogP contribution is 2.42. The molecule has 3 rings (SSSR count). The number of ether oxygens (including phenoxy) is 2. The van der Waals surface area contributed by atoms with E-state index in [0.29, 0.717) is 12.1 Å². The maximum atomic E-state index is 14.9. The van der Waals surface area contributed by atoms with Crippen molar-refractivity contribution in [2.24, 2.45) is 0 Å². The summed E-state index contributed by atoms with van der Waals surface area (Å²) in [7, 11) is 0. The van der Waals surface area contributed by atoms with Gasteiger partial charge in [-0.1, -0.05) is 0 Å². The molecule has 4 atom stereocenters. The van der Waals surface area contributed by atoms with E-state index in [4.69, 9.17) is 15.2 Å². The molecule has 0 amide bonds. The number of rotatable bonds is 4. The molecule has 1 aliphatic heterocycles. The Balaban J connectivity index is 2.10. The first kappa shape index (κ1) is 15.8. The van der Waals surface area contributed by atoms with Crippen LogP contribution in [0.15, 0.2) is 6.33 Å². The molecular formula is C13H18FN5O4. The monoisotopic (exact) mass is 327 g/mol. The fourth-order valence-electron chi connectivity index (χ4n) is 2.68. The summed E-state index contributed by atoms with van der Waals surface area (Å²) in [4.78, 5) is 12.1. The lowest BCUT2D eigenvalue weighted by atomic mass is 9.98. The molecule has 0 saturated carbocycles. The number of hydrogen-bond donors (Lipinski definition) is 3. The molecule has 4 N–H and O–H groups in total. The number of anilines is 1. The Labute approximate surface area is 130 Å². The van der Waals surface area contributed by atoms with E-state index in [1.165, 1.54) is 17.8 Å². The van der Waals surface area contributed by atoms with Gasteiger partial charge in [-0.25, -0.2) is 9.37 Å². The van der Waals surface area contributed by atoms with Crippen molar-refractivity contribution < 1.29 is 24.1 Å². The summed E-state index contributed by atoms with van der Waals surface area (Å²) >= 11 is 0. The summed E-state index contributed by atoms with van der Waals surface area (Å²) in [6.45, 7) is 2.81. The van der Waals surface area contributed by atoms with Crippen LogP contribution in [-0.2, 0) is 4.74 Å². The van der Waals surface area contributed by atoms with E-state index in [1.54, 1.807) is 6.92 Å². The van der Waals surface area contributed by atoms with Crippen molar-refractivity contribution in [2.75, 3.05) is 18.9 Å². The lowest BCUT2D eigenvalue weighted by Crippen LogP contribution is -2.40. The smallest absolute Gasteiger partial charge is 0.247 e. The van der Waals surface area contributed by atoms with Gasteiger partial charge in [0.2, 0.25) is 11.8 Å². The number of aliphatic hydroxyl groups excluding tert-OH is 2. The Morgan fingerprint density at radius 1 is 1.52 bits per heavy atom. The first-order valence-electron chi connectivity index (χ1n) is 7.16. The van der Waals surface area contributed by atoms with Crippen molar-refractivity contribution in [2.45, 2.75) is 38.0 Å². The van der Waals surface area contributed by atoms with Crippen molar-refractivity contribution in [3.05, 3.63) is 6.33 Å². The van der Waals surface area contributed by atoms with E-state index in [9.17, 15) is 14.6 Å². The van der Waals surface area contributed by atoms with Gasteiger partial charge in [0.15, 0.2) is 23.1 Å². The first-order chi connectivity index (χ1) is 10.9. The summed E-state index contributed by atoms with van der Waals surface area (Å²) in [5.41, 5.74) is 4.05. The molecule has 2 aromatic rings. The molecule has 1 saturated heterocycles. The number of hydrogen-bond acceptors (Lipinski definition) is 8. The second-order valence-corrected chi connectivity index (χ2v) is 5.45. The minimum absolute atomic E-state index is 0.0551. The number of aliphatic hydroxyl groups is 2. The number of nitrogens with zero attached hydrogens (tertiary/aromatic N) is 4. The predicted octanol–water partition coefficient (Wildman–Crippen LogP) is -0.214. The van der Waals surface area contributed by atoms with Crippen LogP contribution in [0, 0.1) is 0 Å². The summed E-state index contributed by atoms with van der Waals surface area (Å²) in [6.07, 6.45) is -2.43. The third kappa shape index (κ3) is 2.38. The third-order valence-corrected chi connectivity index (χ3v) is 3.84. The average Bonchev–Trinajstić information content (AvgIpc) is 3.00. The predicted molar refractivity (Wildman–Crippen MR) is 77.4 cm³/mol. The molecule has 0 aliphatic carbocycles. The van der Waals surface area contributed by atoms with Gasteiger partial charge in [-0.15, -0.1) is 0 Å². The number of aromatic nitrogens is 4. The quantitative estimate of drug-likeness (QED) is 0.703. The number of nitrogen functional groups attached to an aromatic ring is 1.